The molecule has 104 valence electrons. The van der Waals surface area contributed by atoms with Crippen LogP contribution in [0, 0.1) is 5.92 Å². The molecule has 1 aromatic heterocycles. The van der Waals surface area contributed by atoms with E-state index in [4.69, 9.17) is 27.9 Å². The van der Waals surface area contributed by atoms with Gasteiger partial charge in [-0.3, -0.25) is 0 Å². The van der Waals surface area contributed by atoms with E-state index in [-0.39, 0.29) is 11.0 Å². The lowest BCUT2D eigenvalue weighted by atomic mass is 9.96. The molecule has 0 aliphatic carbocycles. The van der Waals surface area contributed by atoms with E-state index in [0.29, 0.717) is 16.7 Å². The molecule has 0 fully saturated rings. The molecule has 0 aliphatic heterocycles. The molecule has 2 aromatic rings. The van der Waals surface area contributed by atoms with Gasteiger partial charge in [0.15, 0.2) is 5.15 Å². The minimum absolute atomic E-state index is 0.222. The first kappa shape index (κ1) is 14.8. The first-order chi connectivity index (χ1) is 9.49. The lowest BCUT2D eigenvalue weighted by molar-refractivity contribution is 0.453. The molecule has 3 nitrogen and oxygen atoms in total. The van der Waals surface area contributed by atoms with Crippen molar-refractivity contribution in [2.75, 3.05) is 0 Å². The first-order valence-corrected chi connectivity index (χ1v) is 6.89. The molecule has 2 rings (SSSR count). The van der Waals surface area contributed by atoms with Gasteiger partial charge in [0.1, 0.15) is 10.8 Å². The summed E-state index contributed by atoms with van der Waals surface area (Å²) in [4.78, 5) is 0. The van der Waals surface area contributed by atoms with Crippen molar-refractivity contribution in [3.8, 4) is 11.6 Å². The quantitative estimate of drug-likeness (QED) is 0.774. The van der Waals surface area contributed by atoms with Crippen molar-refractivity contribution in [3.63, 3.8) is 0 Å². The molecule has 0 radical (unpaired) electrons. The predicted molar refractivity (Wildman–Crippen MR) is 82.4 cm³/mol. The van der Waals surface area contributed by atoms with E-state index >= 15 is 0 Å². The highest BCUT2D eigenvalue weighted by atomic mass is 35.5. The SMILES string of the molecule is C=C(c1ccccc1Oc1nnc(Cl)cc1Cl)C(C)C. The fraction of sp³-hybridized carbons (Fsp3) is 0.200. The van der Waals surface area contributed by atoms with E-state index in [1.807, 2.05) is 24.3 Å². The molecule has 0 spiro atoms. The molecule has 0 bridgehead atoms. The van der Waals surface area contributed by atoms with Gasteiger partial charge in [0.2, 0.25) is 0 Å². The minimum Gasteiger partial charge on any atom is -0.436 e. The topological polar surface area (TPSA) is 35.0 Å². The van der Waals surface area contributed by atoms with Gasteiger partial charge in [-0.2, -0.15) is 0 Å². The van der Waals surface area contributed by atoms with Gasteiger partial charge in [0, 0.05) is 11.6 Å². The third-order valence-corrected chi connectivity index (χ3v) is 3.28. The summed E-state index contributed by atoms with van der Waals surface area (Å²) >= 11 is 11.8. The van der Waals surface area contributed by atoms with Crippen molar-refractivity contribution >= 4 is 28.8 Å². The van der Waals surface area contributed by atoms with Crippen LogP contribution in [0.4, 0.5) is 0 Å². The highest BCUT2D eigenvalue weighted by Crippen LogP contribution is 2.34. The number of hydrogen-bond donors (Lipinski definition) is 0. The first-order valence-electron chi connectivity index (χ1n) is 6.14. The van der Waals surface area contributed by atoms with Crippen LogP contribution in [0.1, 0.15) is 19.4 Å². The van der Waals surface area contributed by atoms with Crippen LogP contribution in [0.15, 0.2) is 36.9 Å². The van der Waals surface area contributed by atoms with Crippen LogP contribution in [0.2, 0.25) is 10.2 Å². The molecule has 1 heterocycles. The van der Waals surface area contributed by atoms with Gasteiger partial charge in [-0.05, 0) is 17.6 Å². The van der Waals surface area contributed by atoms with Gasteiger partial charge >= 0.3 is 0 Å². The molecule has 0 amide bonds. The molecule has 20 heavy (non-hydrogen) atoms. The van der Waals surface area contributed by atoms with E-state index in [1.165, 1.54) is 6.07 Å². The number of para-hydroxylation sites is 1. The highest BCUT2D eigenvalue weighted by molar-refractivity contribution is 6.34. The number of hydrogen-bond acceptors (Lipinski definition) is 3. The molecule has 0 N–H and O–H groups in total. The zero-order valence-corrected chi connectivity index (χ0v) is 12.7. The summed E-state index contributed by atoms with van der Waals surface area (Å²) in [5, 5.41) is 8.12. The number of nitrogens with zero attached hydrogens (tertiary/aromatic N) is 2. The zero-order valence-electron chi connectivity index (χ0n) is 11.2. The Kier molecular flexibility index (Phi) is 4.63. The Morgan fingerprint density at radius 2 is 1.90 bits per heavy atom. The Morgan fingerprint density at radius 1 is 1.20 bits per heavy atom. The van der Waals surface area contributed by atoms with Crippen molar-refractivity contribution in [2.24, 2.45) is 5.92 Å². The number of allylic oxidation sites excluding steroid dienone is 1. The van der Waals surface area contributed by atoms with Crippen molar-refractivity contribution in [2.45, 2.75) is 13.8 Å². The molecular formula is C15H14Cl2N2O. The molecule has 0 saturated carbocycles. The summed E-state index contributed by atoms with van der Waals surface area (Å²) in [6.45, 7) is 8.25. The third-order valence-electron chi connectivity index (χ3n) is 2.82. The summed E-state index contributed by atoms with van der Waals surface area (Å²) in [5.41, 5.74) is 1.91. The van der Waals surface area contributed by atoms with E-state index in [2.05, 4.69) is 30.6 Å². The van der Waals surface area contributed by atoms with E-state index in [0.717, 1.165) is 11.1 Å². The maximum atomic E-state index is 6.04. The second-order valence-electron chi connectivity index (χ2n) is 4.60. The fourth-order valence-electron chi connectivity index (χ4n) is 1.64. The number of ether oxygens (including phenoxy) is 1. The average Bonchev–Trinajstić information content (AvgIpc) is 2.41. The fourth-order valence-corrected chi connectivity index (χ4v) is 2.02. The van der Waals surface area contributed by atoms with Gasteiger partial charge in [-0.1, -0.05) is 61.8 Å². The Labute approximate surface area is 128 Å². The Morgan fingerprint density at radius 3 is 2.55 bits per heavy atom. The normalized spacial score (nSPS) is 10.7. The van der Waals surface area contributed by atoms with Gasteiger partial charge in [0.05, 0.1) is 0 Å². The van der Waals surface area contributed by atoms with Crippen molar-refractivity contribution in [3.05, 3.63) is 52.6 Å². The average molecular weight is 309 g/mol. The van der Waals surface area contributed by atoms with Crippen LogP contribution in [-0.4, -0.2) is 10.2 Å². The Balaban J connectivity index is 2.36. The lowest BCUT2D eigenvalue weighted by Gasteiger charge is -2.15. The molecule has 0 unspecified atom stereocenters. The van der Waals surface area contributed by atoms with Crippen molar-refractivity contribution in [1.29, 1.82) is 0 Å². The summed E-state index contributed by atoms with van der Waals surface area (Å²) in [6, 6.07) is 9.10. The molecule has 0 aliphatic rings. The van der Waals surface area contributed by atoms with Gasteiger partial charge in [-0.15, -0.1) is 10.2 Å². The van der Waals surface area contributed by atoms with Crippen molar-refractivity contribution < 1.29 is 4.74 Å². The monoisotopic (exact) mass is 308 g/mol. The highest BCUT2D eigenvalue weighted by Gasteiger charge is 2.13. The molecule has 0 saturated heterocycles. The Bertz CT molecular complexity index is 642. The smallest absolute Gasteiger partial charge is 0.257 e. The summed E-state index contributed by atoms with van der Waals surface area (Å²) in [5.74, 6) is 1.18. The van der Waals surface area contributed by atoms with Crippen LogP contribution < -0.4 is 4.74 Å². The molecule has 0 atom stereocenters. The Hall–Kier alpha value is -1.58. The van der Waals surface area contributed by atoms with Crippen molar-refractivity contribution in [1.82, 2.24) is 10.2 Å². The van der Waals surface area contributed by atoms with E-state index < -0.39 is 0 Å². The summed E-state index contributed by atoms with van der Waals surface area (Å²) in [7, 11) is 0. The summed E-state index contributed by atoms with van der Waals surface area (Å²) < 4.78 is 5.74. The number of rotatable bonds is 4. The van der Waals surface area contributed by atoms with Gasteiger partial charge in [-0.25, -0.2) is 0 Å². The van der Waals surface area contributed by atoms with Crippen LogP contribution in [0.3, 0.4) is 0 Å². The second kappa shape index (κ2) is 6.25. The maximum Gasteiger partial charge on any atom is 0.257 e. The van der Waals surface area contributed by atoms with Crippen LogP contribution in [0.5, 0.6) is 11.6 Å². The maximum absolute atomic E-state index is 6.04. The second-order valence-corrected chi connectivity index (χ2v) is 5.39. The molecular weight excluding hydrogens is 295 g/mol. The van der Waals surface area contributed by atoms with Gasteiger partial charge < -0.3 is 4.74 Å². The number of benzene rings is 1. The summed E-state index contributed by atoms with van der Waals surface area (Å²) in [6.07, 6.45) is 0. The number of halogens is 2. The van der Waals surface area contributed by atoms with Gasteiger partial charge in [0.25, 0.3) is 5.88 Å². The van der Waals surface area contributed by atoms with Crippen LogP contribution >= 0.6 is 23.2 Å². The lowest BCUT2D eigenvalue weighted by Crippen LogP contribution is -1.98. The standard InChI is InChI=1S/C15H14Cl2N2O/c1-9(2)10(3)11-6-4-5-7-13(11)20-15-12(16)8-14(17)18-19-15/h4-9H,3H2,1-2H3. The minimum atomic E-state index is 0.222. The third kappa shape index (κ3) is 3.30. The molecule has 5 heteroatoms. The van der Waals surface area contributed by atoms with E-state index in [9.17, 15) is 0 Å². The van der Waals surface area contributed by atoms with Crippen LogP contribution in [0.25, 0.3) is 5.57 Å². The molecule has 1 aromatic carbocycles. The van der Waals surface area contributed by atoms with Crippen LogP contribution in [-0.2, 0) is 0 Å². The number of aromatic nitrogens is 2. The largest absolute Gasteiger partial charge is 0.436 e. The van der Waals surface area contributed by atoms with E-state index in [1.54, 1.807) is 0 Å². The predicted octanol–water partition coefficient (Wildman–Crippen LogP) is 5.24. The zero-order chi connectivity index (χ0) is 14.7.